The van der Waals surface area contributed by atoms with Crippen LogP contribution >= 0.6 is 0 Å². The first-order chi connectivity index (χ1) is 15.1. The summed E-state index contributed by atoms with van der Waals surface area (Å²) < 4.78 is 16.0. The average molecular weight is 424 g/mol. The highest BCUT2D eigenvalue weighted by atomic mass is 16.5. The Kier molecular flexibility index (Phi) is 6.13. The molecule has 0 unspecified atom stereocenters. The van der Waals surface area contributed by atoms with Gasteiger partial charge in [-0.15, -0.1) is 0 Å². The number of carbonyl (C=O) groups is 2. The van der Waals surface area contributed by atoms with Crippen LogP contribution < -0.4 is 14.8 Å². The average Bonchev–Trinajstić information content (AvgIpc) is 2.81. The van der Waals surface area contributed by atoms with E-state index in [4.69, 9.17) is 14.2 Å². The molecule has 2 heterocycles. The van der Waals surface area contributed by atoms with Crippen LogP contribution in [-0.4, -0.2) is 57.7 Å². The van der Waals surface area contributed by atoms with Gasteiger partial charge in [-0.3, -0.25) is 9.59 Å². The summed E-state index contributed by atoms with van der Waals surface area (Å²) in [5.41, 5.74) is 3.37. The number of amides is 2. The maximum Gasteiger partial charge on any atom is 0.254 e. The fourth-order valence-electron chi connectivity index (χ4n) is 4.67. The second-order valence-electron chi connectivity index (χ2n) is 7.80. The molecular formula is C24H28N2O5. The van der Waals surface area contributed by atoms with Crippen LogP contribution in [0.1, 0.15) is 45.4 Å². The van der Waals surface area contributed by atoms with E-state index in [1.54, 1.807) is 26.4 Å². The van der Waals surface area contributed by atoms with E-state index in [-0.39, 0.29) is 17.9 Å². The van der Waals surface area contributed by atoms with Crippen LogP contribution in [0, 0.1) is 0 Å². The molecule has 4 rings (SSSR count). The number of ether oxygens (including phenoxy) is 3. The largest absolute Gasteiger partial charge is 0.493 e. The van der Waals surface area contributed by atoms with E-state index in [0.717, 1.165) is 18.4 Å². The standard InChI is InChI=1S/C24H28N2O5/c1-29-12-6-10-25-23(27)21-17-13-19(30-2)20(31-3)14-18(17)24(28)26-11-9-15-7-4-5-8-16(15)22(21)26/h4-5,7-8,13-14,21-22H,6,9-12H2,1-3H3,(H,25,27)/t21-,22-/m1/s1. The Morgan fingerprint density at radius 2 is 1.84 bits per heavy atom. The molecule has 2 atom stereocenters. The van der Waals surface area contributed by atoms with Gasteiger partial charge >= 0.3 is 0 Å². The summed E-state index contributed by atoms with van der Waals surface area (Å²) in [6, 6.07) is 11.2. The number of rotatable bonds is 7. The lowest BCUT2D eigenvalue weighted by atomic mass is 9.75. The number of methoxy groups -OCH3 is 3. The molecule has 0 saturated carbocycles. The third kappa shape index (κ3) is 3.74. The molecule has 31 heavy (non-hydrogen) atoms. The van der Waals surface area contributed by atoms with Crippen LogP contribution in [0.15, 0.2) is 36.4 Å². The topological polar surface area (TPSA) is 77.1 Å². The first-order valence-corrected chi connectivity index (χ1v) is 10.5. The second-order valence-corrected chi connectivity index (χ2v) is 7.80. The molecule has 0 fully saturated rings. The van der Waals surface area contributed by atoms with Gasteiger partial charge in [0, 0.05) is 32.4 Å². The van der Waals surface area contributed by atoms with E-state index < -0.39 is 5.92 Å². The quantitative estimate of drug-likeness (QED) is 0.692. The molecule has 0 bridgehead atoms. The lowest BCUT2D eigenvalue weighted by Gasteiger charge is -2.45. The third-order valence-electron chi connectivity index (χ3n) is 6.14. The monoisotopic (exact) mass is 424 g/mol. The zero-order valence-electron chi connectivity index (χ0n) is 18.1. The molecule has 1 N–H and O–H groups in total. The Morgan fingerprint density at radius 1 is 1.10 bits per heavy atom. The van der Waals surface area contributed by atoms with Crippen LogP contribution in [0.5, 0.6) is 11.5 Å². The zero-order valence-corrected chi connectivity index (χ0v) is 18.1. The van der Waals surface area contributed by atoms with Crippen molar-refractivity contribution in [1.29, 1.82) is 0 Å². The van der Waals surface area contributed by atoms with Crippen LogP contribution in [0.2, 0.25) is 0 Å². The minimum absolute atomic E-state index is 0.0844. The van der Waals surface area contributed by atoms with E-state index in [2.05, 4.69) is 11.4 Å². The summed E-state index contributed by atoms with van der Waals surface area (Å²) in [4.78, 5) is 28.8. The molecule has 0 aromatic heterocycles. The van der Waals surface area contributed by atoms with Gasteiger partial charge in [-0.25, -0.2) is 0 Å². The summed E-state index contributed by atoms with van der Waals surface area (Å²) in [6.45, 7) is 1.65. The first kappa shape index (κ1) is 21.2. The highest BCUT2D eigenvalue weighted by molar-refractivity contribution is 6.02. The molecule has 7 heteroatoms. The number of benzene rings is 2. The zero-order chi connectivity index (χ0) is 22.0. The van der Waals surface area contributed by atoms with Crippen molar-refractivity contribution in [1.82, 2.24) is 10.2 Å². The maximum atomic E-state index is 13.5. The Morgan fingerprint density at radius 3 is 2.58 bits per heavy atom. The van der Waals surface area contributed by atoms with Gasteiger partial charge in [-0.05, 0) is 41.7 Å². The third-order valence-corrected chi connectivity index (χ3v) is 6.14. The van der Waals surface area contributed by atoms with Crippen LogP contribution in [-0.2, 0) is 16.0 Å². The predicted molar refractivity (Wildman–Crippen MR) is 116 cm³/mol. The van der Waals surface area contributed by atoms with Gasteiger partial charge in [0.25, 0.3) is 5.91 Å². The second kappa shape index (κ2) is 8.98. The van der Waals surface area contributed by atoms with Crippen molar-refractivity contribution >= 4 is 11.8 Å². The number of hydrogen-bond donors (Lipinski definition) is 1. The van der Waals surface area contributed by atoms with E-state index in [1.807, 2.05) is 23.1 Å². The normalized spacial score (nSPS) is 19.2. The molecule has 164 valence electrons. The minimum Gasteiger partial charge on any atom is -0.493 e. The van der Waals surface area contributed by atoms with E-state index in [1.165, 1.54) is 12.7 Å². The molecule has 0 aliphatic carbocycles. The minimum atomic E-state index is -0.545. The summed E-state index contributed by atoms with van der Waals surface area (Å²) in [6.07, 6.45) is 1.49. The van der Waals surface area contributed by atoms with Gasteiger partial charge < -0.3 is 24.4 Å². The van der Waals surface area contributed by atoms with Gasteiger partial charge in [-0.2, -0.15) is 0 Å². The van der Waals surface area contributed by atoms with Gasteiger partial charge in [0.05, 0.1) is 26.2 Å². The van der Waals surface area contributed by atoms with Crippen molar-refractivity contribution in [3.8, 4) is 11.5 Å². The fraction of sp³-hybridized carbons (Fsp3) is 0.417. The van der Waals surface area contributed by atoms with Crippen LogP contribution in [0.25, 0.3) is 0 Å². The Labute approximate surface area is 182 Å². The van der Waals surface area contributed by atoms with Crippen molar-refractivity contribution in [2.24, 2.45) is 0 Å². The Hall–Kier alpha value is -3.06. The first-order valence-electron chi connectivity index (χ1n) is 10.5. The van der Waals surface area contributed by atoms with Crippen LogP contribution in [0.4, 0.5) is 0 Å². The lowest BCUT2D eigenvalue weighted by Crippen LogP contribution is -2.50. The Balaban J connectivity index is 1.82. The molecular weight excluding hydrogens is 396 g/mol. The molecule has 2 amide bonds. The van der Waals surface area contributed by atoms with Crippen molar-refractivity contribution in [3.05, 3.63) is 58.7 Å². The summed E-state index contributed by atoms with van der Waals surface area (Å²) in [7, 11) is 4.73. The molecule has 0 radical (unpaired) electrons. The highest BCUT2D eigenvalue weighted by Crippen LogP contribution is 2.48. The molecule has 0 spiro atoms. The molecule has 2 aromatic carbocycles. The fourth-order valence-corrected chi connectivity index (χ4v) is 4.67. The Bertz CT molecular complexity index is 990. The number of hydrogen-bond acceptors (Lipinski definition) is 5. The van der Waals surface area contributed by atoms with Gasteiger partial charge in [0.2, 0.25) is 5.91 Å². The molecule has 2 aliphatic heterocycles. The molecule has 2 aromatic rings. The maximum absolute atomic E-state index is 13.5. The number of fused-ring (bicyclic) bond motifs is 4. The predicted octanol–water partition coefficient (Wildman–Crippen LogP) is 2.69. The lowest BCUT2D eigenvalue weighted by molar-refractivity contribution is -0.124. The van der Waals surface area contributed by atoms with Crippen molar-refractivity contribution in [2.75, 3.05) is 41.0 Å². The summed E-state index contributed by atoms with van der Waals surface area (Å²) in [5, 5.41) is 3.04. The number of nitrogens with one attached hydrogen (secondary N) is 1. The van der Waals surface area contributed by atoms with Gasteiger partial charge in [-0.1, -0.05) is 24.3 Å². The van der Waals surface area contributed by atoms with Gasteiger partial charge in [0.1, 0.15) is 0 Å². The van der Waals surface area contributed by atoms with E-state index in [0.29, 0.717) is 42.3 Å². The number of carbonyl (C=O) groups excluding carboxylic acids is 2. The van der Waals surface area contributed by atoms with E-state index >= 15 is 0 Å². The van der Waals surface area contributed by atoms with Crippen molar-refractivity contribution in [3.63, 3.8) is 0 Å². The highest BCUT2D eigenvalue weighted by Gasteiger charge is 2.46. The molecule has 2 aliphatic rings. The van der Waals surface area contributed by atoms with Crippen molar-refractivity contribution in [2.45, 2.75) is 24.8 Å². The van der Waals surface area contributed by atoms with E-state index in [9.17, 15) is 9.59 Å². The van der Waals surface area contributed by atoms with Gasteiger partial charge in [0.15, 0.2) is 11.5 Å². The summed E-state index contributed by atoms with van der Waals surface area (Å²) >= 11 is 0. The van der Waals surface area contributed by atoms with Crippen molar-refractivity contribution < 1.29 is 23.8 Å². The SMILES string of the molecule is COCCCNC(=O)[C@@H]1c2cc(OC)c(OC)cc2C(=O)N2CCc3ccccc3[C@H]12. The summed E-state index contributed by atoms with van der Waals surface area (Å²) in [5.74, 6) is 0.243. The molecule has 0 saturated heterocycles. The van der Waals surface area contributed by atoms with Crippen LogP contribution in [0.3, 0.4) is 0 Å². The number of nitrogens with zero attached hydrogens (tertiary/aromatic N) is 1. The smallest absolute Gasteiger partial charge is 0.254 e. The molecule has 7 nitrogen and oxygen atoms in total.